The first-order valence-electron chi connectivity index (χ1n) is 14.7. The van der Waals surface area contributed by atoms with Gasteiger partial charge in [-0.1, -0.05) is 48.0 Å². The maximum absolute atomic E-state index is 13.7. The van der Waals surface area contributed by atoms with Gasteiger partial charge in [-0.15, -0.1) is 0 Å². The Bertz CT molecular complexity index is 1580. The van der Waals surface area contributed by atoms with Crippen LogP contribution in [-0.2, 0) is 27.3 Å². The normalized spacial score (nSPS) is 14.8. The Balaban J connectivity index is 1.30. The van der Waals surface area contributed by atoms with Gasteiger partial charge in [0.1, 0.15) is 18.7 Å². The number of ether oxygens (including phenoxy) is 1. The van der Waals surface area contributed by atoms with Gasteiger partial charge in [0.2, 0.25) is 5.91 Å². The summed E-state index contributed by atoms with van der Waals surface area (Å²) in [6.45, 7) is 5.59. The standard InChI is InChI=1S/C34H37ClN4O5/c1-34(2,3)44-30(41)22-38-28-14-9-12-26(35)31(28)39(21-29(38)40)33(43)36(4)20-23-15-17-25(18-16-23)32(42)37-19-8-7-11-24-10-5-6-13-27(24)37/h5-6,9-10,12-18H,7-8,11,19-22H2,1-4H3. The molecule has 3 aromatic carbocycles. The van der Waals surface area contributed by atoms with Crippen LogP contribution < -0.4 is 14.7 Å². The fraction of sp³-hybridized carbons (Fsp3) is 0.353. The van der Waals surface area contributed by atoms with Crippen molar-refractivity contribution in [1.29, 1.82) is 0 Å². The van der Waals surface area contributed by atoms with Gasteiger partial charge >= 0.3 is 12.0 Å². The van der Waals surface area contributed by atoms with Gasteiger partial charge < -0.3 is 14.5 Å². The van der Waals surface area contributed by atoms with E-state index >= 15 is 0 Å². The van der Waals surface area contributed by atoms with Crippen LogP contribution in [0.15, 0.2) is 66.7 Å². The van der Waals surface area contributed by atoms with Crippen LogP contribution in [-0.4, -0.2) is 61.0 Å². The third-order valence-corrected chi connectivity index (χ3v) is 7.92. The molecule has 0 N–H and O–H groups in total. The van der Waals surface area contributed by atoms with E-state index in [1.54, 1.807) is 58.2 Å². The van der Waals surface area contributed by atoms with Crippen LogP contribution in [0.1, 0.15) is 55.1 Å². The van der Waals surface area contributed by atoms with E-state index in [4.69, 9.17) is 16.3 Å². The summed E-state index contributed by atoms with van der Waals surface area (Å²) in [6.07, 6.45) is 2.94. The lowest BCUT2D eigenvalue weighted by Gasteiger charge is -2.38. The molecule has 2 heterocycles. The minimum atomic E-state index is -0.707. The maximum Gasteiger partial charge on any atom is 0.326 e. The van der Waals surface area contributed by atoms with E-state index in [-0.39, 0.29) is 30.6 Å². The smallest absolute Gasteiger partial charge is 0.326 e. The number of hydrogen-bond donors (Lipinski definition) is 0. The van der Waals surface area contributed by atoms with Gasteiger partial charge in [0.05, 0.1) is 16.4 Å². The van der Waals surface area contributed by atoms with Crippen molar-refractivity contribution in [3.8, 4) is 0 Å². The molecule has 0 atom stereocenters. The number of nitrogens with zero attached hydrogens (tertiary/aromatic N) is 4. The van der Waals surface area contributed by atoms with E-state index in [1.807, 2.05) is 35.2 Å². The maximum atomic E-state index is 13.7. The average molecular weight is 617 g/mol. The topological polar surface area (TPSA) is 90.5 Å². The molecule has 9 nitrogen and oxygen atoms in total. The first-order valence-corrected chi connectivity index (χ1v) is 15.1. The summed E-state index contributed by atoms with van der Waals surface area (Å²) in [6, 6.07) is 19.8. The number of halogens is 1. The third kappa shape index (κ3) is 6.73. The van der Waals surface area contributed by atoms with Crippen molar-refractivity contribution in [2.45, 2.75) is 52.2 Å². The summed E-state index contributed by atoms with van der Waals surface area (Å²) in [5, 5.41) is 0.281. The van der Waals surface area contributed by atoms with Gasteiger partial charge in [0.25, 0.3) is 5.91 Å². The number of esters is 1. The van der Waals surface area contributed by atoms with E-state index < -0.39 is 23.5 Å². The molecule has 2 aliphatic rings. The molecule has 0 bridgehead atoms. The molecule has 0 unspecified atom stereocenters. The van der Waals surface area contributed by atoms with E-state index in [2.05, 4.69) is 6.07 Å². The molecule has 10 heteroatoms. The zero-order valence-electron chi connectivity index (χ0n) is 25.5. The van der Waals surface area contributed by atoms with Crippen molar-refractivity contribution < 1.29 is 23.9 Å². The monoisotopic (exact) mass is 616 g/mol. The Morgan fingerprint density at radius 3 is 2.34 bits per heavy atom. The molecule has 230 valence electrons. The molecule has 3 aromatic rings. The quantitative estimate of drug-likeness (QED) is 0.325. The second-order valence-corrected chi connectivity index (χ2v) is 12.5. The summed E-state index contributed by atoms with van der Waals surface area (Å²) in [4.78, 5) is 58.9. The van der Waals surface area contributed by atoms with E-state index in [0.717, 1.165) is 30.5 Å². The zero-order chi connectivity index (χ0) is 31.6. The highest BCUT2D eigenvalue weighted by atomic mass is 35.5. The lowest BCUT2D eigenvalue weighted by atomic mass is 10.1. The van der Waals surface area contributed by atoms with Crippen LogP contribution in [0, 0.1) is 0 Å². The molecular formula is C34H37ClN4O5. The Kier molecular flexibility index (Phi) is 8.97. The van der Waals surface area contributed by atoms with Gasteiger partial charge in [-0.05, 0) is 81.5 Å². The summed E-state index contributed by atoms with van der Waals surface area (Å²) in [5.41, 5.74) is 3.55. The molecule has 0 fully saturated rings. The highest BCUT2D eigenvalue weighted by Gasteiger charge is 2.37. The fourth-order valence-corrected chi connectivity index (χ4v) is 5.89. The molecule has 2 aliphatic heterocycles. The predicted octanol–water partition coefficient (Wildman–Crippen LogP) is 6.07. The zero-order valence-corrected chi connectivity index (χ0v) is 26.3. The molecule has 4 amide bonds. The Morgan fingerprint density at radius 1 is 0.909 bits per heavy atom. The van der Waals surface area contributed by atoms with Crippen molar-refractivity contribution in [3.05, 3.63) is 88.4 Å². The van der Waals surface area contributed by atoms with Crippen LogP contribution in [0.5, 0.6) is 0 Å². The number of aryl methyl sites for hydroxylation is 1. The number of hydrogen-bond acceptors (Lipinski definition) is 5. The summed E-state index contributed by atoms with van der Waals surface area (Å²) in [7, 11) is 1.64. The molecule has 0 saturated carbocycles. The summed E-state index contributed by atoms with van der Waals surface area (Å²) in [5.74, 6) is -1.04. The van der Waals surface area contributed by atoms with Crippen LogP contribution >= 0.6 is 11.6 Å². The Hall–Kier alpha value is -4.37. The number of benzene rings is 3. The number of carbonyl (C=O) groups excluding carboxylic acids is 4. The van der Waals surface area contributed by atoms with Crippen molar-refractivity contribution in [2.75, 3.05) is 41.4 Å². The van der Waals surface area contributed by atoms with Gasteiger partial charge in [-0.3, -0.25) is 24.2 Å². The number of para-hydroxylation sites is 2. The van der Waals surface area contributed by atoms with Crippen LogP contribution in [0.25, 0.3) is 0 Å². The molecular weight excluding hydrogens is 580 g/mol. The number of urea groups is 1. The number of amides is 4. The van der Waals surface area contributed by atoms with Gasteiger partial charge in [0, 0.05) is 31.4 Å². The first-order chi connectivity index (χ1) is 20.9. The van der Waals surface area contributed by atoms with E-state index in [0.29, 0.717) is 23.5 Å². The molecule has 0 spiro atoms. The molecule has 5 rings (SSSR count). The van der Waals surface area contributed by atoms with Crippen LogP contribution in [0.2, 0.25) is 5.02 Å². The third-order valence-electron chi connectivity index (χ3n) is 7.61. The largest absolute Gasteiger partial charge is 0.459 e. The van der Waals surface area contributed by atoms with Crippen LogP contribution in [0.4, 0.5) is 21.9 Å². The highest BCUT2D eigenvalue weighted by molar-refractivity contribution is 6.35. The number of fused-ring (bicyclic) bond motifs is 2. The lowest BCUT2D eigenvalue weighted by molar-refractivity contribution is -0.153. The summed E-state index contributed by atoms with van der Waals surface area (Å²) < 4.78 is 5.41. The van der Waals surface area contributed by atoms with Gasteiger partial charge in [-0.25, -0.2) is 4.79 Å². The minimum absolute atomic E-state index is 0.0515. The highest BCUT2D eigenvalue weighted by Crippen LogP contribution is 2.40. The fourth-order valence-electron chi connectivity index (χ4n) is 5.62. The minimum Gasteiger partial charge on any atom is -0.459 e. The second-order valence-electron chi connectivity index (χ2n) is 12.1. The van der Waals surface area contributed by atoms with Crippen molar-refractivity contribution in [1.82, 2.24) is 4.90 Å². The van der Waals surface area contributed by atoms with E-state index in [9.17, 15) is 19.2 Å². The molecule has 0 aromatic heterocycles. The molecule has 0 saturated heterocycles. The predicted molar refractivity (Wildman–Crippen MR) is 171 cm³/mol. The Morgan fingerprint density at radius 2 is 1.61 bits per heavy atom. The Labute approximate surface area is 262 Å². The van der Waals surface area contributed by atoms with Gasteiger partial charge in [-0.2, -0.15) is 0 Å². The second kappa shape index (κ2) is 12.7. The molecule has 0 radical (unpaired) electrons. The van der Waals surface area contributed by atoms with Crippen LogP contribution in [0.3, 0.4) is 0 Å². The SMILES string of the molecule is CN(Cc1ccc(C(=O)N2CCCCc3ccccc32)cc1)C(=O)N1CC(=O)N(CC(=O)OC(C)(C)C)c2cccc(Cl)c21. The van der Waals surface area contributed by atoms with Crippen molar-refractivity contribution >= 4 is 52.5 Å². The molecule has 0 aliphatic carbocycles. The number of carbonyl (C=O) groups is 4. The van der Waals surface area contributed by atoms with Crippen molar-refractivity contribution in [2.24, 2.45) is 0 Å². The lowest BCUT2D eigenvalue weighted by Crippen LogP contribution is -2.53. The number of rotatable bonds is 5. The average Bonchev–Trinajstić information content (AvgIpc) is 3.20. The number of anilines is 3. The summed E-state index contributed by atoms with van der Waals surface area (Å²) >= 11 is 6.55. The van der Waals surface area contributed by atoms with Crippen molar-refractivity contribution in [3.63, 3.8) is 0 Å². The molecule has 44 heavy (non-hydrogen) atoms. The van der Waals surface area contributed by atoms with Gasteiger partial charge in [0.15, 0.2) is 0 Å². The first kappa shape index (κ1) is 31.1. The van der Waals surface area contributed by atoms with E-state index in [1.165, 1.54) is 20.3 Å².